The van der Waals surface area contributed by atoms with E-state index < -0.39 is 17.8 Å². The Bertz CT molecular complexity index is 1290. The number of amides is 2. The van der Waals surface area contributed by atoms with Gasteiger partial charge in [0.05, 0.1) is 13.2 Å². The lowest BCUT2D eigenvalue weighted by Gasteiger charge is -2.27. The lowest BCUT2D eigenvalue weighted by atomic mass is 9.93. The highest BCUT2D eigenvalue weighted by molar-refractivity contribution is 6.30. The van der Waals surface area contributed by atoms with E-state index in [9.17, 15) is 19.6 Å². The summed E-state index contributed by atoms with van der Waals surface area (Å²) < 4.78 is 16.6. The van der Waals surface area contributed by atoms with Crippen molar-refractivity contribution in [2.45, 2.75) is 33.8 Å². The van der Waals surface area contributed by atoms with E-state index in [1.165, 1.54) is 6.92 Å². The molecule has 37 heavy (non-hydrogen) atoms. The Hall–Kier alpha value is -4.09. The van der Waals surface area contributed by atoms with E-state index in [1.807, 2.05) is 25.1 Å². The number of carbonyl (C=O) groups is 3. The van der Waals surface area contributed by atoms with Gasteiger partial charge in [0.15, 0.2) is 11.5 Å². The maximum absolute atomic E-state index is 13.2. The molecule has 0 aliphatic carbocycles. The van der Waals surface area contributed by atoms with Gasteiger partial charge < -0.3 is 14.2 Å². The summed E-state index contributed by atoms with van der Waals surface area (Å²) in [7, 11) is 0. The smallest absolute Gasteiger partial charge is 0.302 e. The van der Waals surface area contributed by atoms with Crippen molar-refractivity contribution in [1.82, 2.24) is 4.90 Å². The largest absolute Gasteiger partial charge is 0.490 e. The lowest BCUT2D eigenvalue weighted by Crippen LogP contribution is -2.43. The molecule has 1 aliphatic rings. The molecule has 2 aromatic rings. The lowest BCUT2D eigenvalue weighted by molar-refractivity contribution is -0.141. The Kier molecular flexibility index (Phi) is 9.47. The zero-order valence-corrected chi connectivity index (χ0v) is 21.6. The standard InChI is InChI=1S/C28H27ClN2O6/c1-4-35-26-15-21(8-11-25(26)37-17-20-6-9-22(29)10-7-20)14-23-18(2)24(16-30)28(34)31(27(23)33)12-5-13-36-19(3)32/h6-11,14-15H,4-5,12-13,17H2,1-3H3/b23-14+. The molecule has 0 saturated heterocycles. The van der Waals surface area contributed by atoms with Gasteiger partial charge in [-0.3, -0.25) is 19.3 Å². The molecule has 1 heterocycles. The van der Waals surface area contributed by atoms with Crippen LogP contribution in [-0.2, 0) is 25.7 Å². The van der Waals surface area contributed by atoms with Crippen molar-refractivity contribution in [1.29, 1.82) is 5.26 Å². The average molecular weight is 523 g/mol. The first kappa shape index (κ1) is 27.5. The Morgan fingerprint density at radius 1 is 1.08 bits per heavy atom. The number of hydrogen-bond donors (Lipinski definition) is 0. The summed E-state index contributed by atoms with van der Waals surface area (Å²) in [6.07, 6.45) is 1.88. The summed E-state index contributed by atoms with van der Waals surface area (Å²) in [6.45, 7) is 5.50. The van der Waals surface area contributed by atoms with E-state index in [1.54, 1.807) is 43.3 Å². The average Bonchev–Trinajstić information content (AvgIpc) is 2.87. The summed E-state index contributed by atoms with van der Waals surface area (Å²) in [5.74, 6) is -0.612. The number of esters is 1. The highest BCUT2D eigenvalue weighted by atomic mass is 35.5. The molecule has 2 amide bonds. The molecular formula is C28H27ClN2O6. The Morgan fingerprint density at radius 3 is 2.46 bits per heavy atom. The molecule has 0 atom stereocenters. The molecule has 0 fully saturated rings. The van der Waals surface area contributed by atoms with E-state index in [0.29, 0.717) is 40.9 Å². The highest BCUT2D eigenvalue weighted by Gasteiger charge is 2.35. The Morgan fingerprint density at radius 2 is 1.81 bits per heavy atom. The molecule has 8 nitrogen and oxygen atoms in total. The third-order valence-corrected chi connectivity index (χ3v) is 5.79. The molecule has 0 bridgehead atoms. The molecular weight excluding hydrogens is 496 g/mol. The normalized spacial score (nSPS) is 14.6. The molecule has 3 rings (SSSR count). The van der Waals surface area contributed by atoms with E-state index in [2.05, 4.69) is 0 Å². The minimum Gasteiger partial charge on any atom is -0.490 e. The summed E-state index contributed by atoms with van der Waals surface area (Å²) in [6, 6.07) is 14.5. The van der Waals surface area contributed by atoms with Crippen molar-refractivity contribution < 1.29 is 28.6 Å². The van der Waals surface area contributed by atoms with Crippen LogP contribution in [0.3, 0.4) is 0 Å². The second-order valence-corrected chi connectivity index (χ2v) is 8.62. The number of benzene rings is 2. The summed E-state index contributed by atoms with van der Waals surface area (Å²) >= 11 is 5.94. The monoisotopic (exact) mass is 522 g/mol. The van der Waals surface area contributed by atoms with E-state index in [-0.39, 0.29) is 30.7 Å². The topological polar surface area (TPSA) is 106 Å². The van der Waals surface area contributed by atoms with Crippen LogP contribution >= 0.6 is 11.6 Å². The van der Waals surface area contributed by atoms with Gasteiger partial charge in [-0.25, -0.2) is 0 Å². The molecule has 0 N–H and O–H groups in total. The van der Waals surface area contributed by atoms with Crippen LogP contribution in [0.4, 0.5) is 0 Å². The summed E-state index contributed by atoms with van der Waals surface area (Å²) in [4.78, 5) is 38.0. The van der Waals surface area contributed by atoms with Crippen LogP contribution in [0.25, 0.3) is 6.08 Å². The predicted octanol–water partition coefficient (Wildman–Crippen LogP) is 4.86. The summed E-state index contributed by atoms with van der Waals surface area (Å²) in [5.41, 5.74) is 1.99. The number of rotatable bonds is 10. The van der Waals surface area contributed by atoms with Crippen LogP contribution in [0.5, 0.6) is 11.5 Å². The Labute approximate surface area is 220 Å². The van der Waals surface area contributed by atoms with Crippen LogP contribution in [0.1, 0.15) is 38.3 Å². The molecule has 2 aromatic carbocycles. The van der Waals surface area contributed by atoms with Gasteiger partial charge in [-0.15, -0.1) is 0 Å². The summed E-state index contributed by atoms with van der Waals surface area (Å²) in [5, 5.41) is 10.2. The fourth-order valence-corrected chi connectivity index (χ4v) is 3.81. The van der Waals surface area contributed by atoms with E-state index >= 15 is 0 Å². The Balaban J connectivity index is 1.87. The number of imide groups is 1. The second-order valence-electron chi connectivity index (χ2n) is 8.18. The maximum Gasteiger partial charge on any atom is 0.302 e. The third kappa shape index (κ3) is 6.99. The van der Waals surface area contributed by atoms with Gasteiger partial charge in [-0.05, 0) is 67.3 Å². The quantitative estimate of drug-likeness (QED) is 0.190. The first-order valence-electron chi connectivity index (χ1n) is 11.7. The molecule has 0 spiro atoms. The van der Waals surface area contributed by atoms with Crippen LogP contribution in [0.2, 0.25) is 5.02 Å². The minimum absolute atomic E-state index is 0.0163. The zero-order valence-electron chi connectivity index (χ0n) is 20.9. The van der Waals surface area contributed by atoms with Gasteiger partial charge in [0.2, 0.25) is 0 Å². The van der Waals surface area contributed by atoms with E-state index in [0.717, 1.165) is 10.5 Å². The molecule has 1 aliphatic heterocycles. The zero-order chi connectivity index (χ0) is 26.9. The number of nitriles is 1. The molecule has 0 aromatic heterocycles. The number of nitrogens with zero attached hydrogens (tertiary/aromatic N) is 2. The van der Waals surface area contributed by atoms with Crippen molar-refractivity contribution in [3.8, 4) is 17.6 Å². The van der Waals surface area contributed by atoms with Crippen LogP contribution in [0, 0.1) is 11.3 Å². The van der Waals surface area contributed by atoms with Crippen LogP contribution in [-0.4, -0.2) is 42.4 Å². The predicted molar refractivity (Wildman–Crippen MR) is 138 cm³/mol. The fraction of sp³-hybridized carbons (Fsp3) is 0.286. The van der Waals surface area contributed by atoms with Crippen molar-refractivity contribution in [3.05, 3.63) is 75.3 Å². The molecule has 0 unspecified atom stereocenters. The van der Waals surface area contributed by atoms with Gasteiger partial charge in [-0.2, -0.15) is 5.26 Å². The minimum atomic E-state index is -0.661. The fourth-order valence-electron chi connectivity index (χ4n) is 3.68. The molecule has 0 saturated carbocycles. The molecule has 192 valence electrons. The SMILES string of the molecule is CCOc1cc(/C=C2/C(=O)N(CCCOC(C)=O)C(=O)C(C#N)=C2C)ccc1OCc1ccc(Cl)cc1. The first-order chi connectivity index (χ1) is 17.7. The van der Waals surface area contributed by atoms with Crippen molar-refractivity contribution >= 4 is 35.5 Å². The van der Waals surface area contributed by atoms with Gasteiger partial charge in [0.25, 0.3) is 11.8 Å². The van der Waals surface area contributed by atoms with E-state index in [4.69, 9.17) is 25.8 Å². The maximum atomic E-state index is 13.2. The van der Waals surface area contributed by atoms with Crippen molar-refractivity contribution in [2.24, 2.45) is 0 Å². The number of ether oxygens (including phenoxy) is 3. The number of carbonyl (C=O) groups excluding carboxylic acids is 3. The molecule has 0 radical (unpaired) electrons. The highest BCUT2D eigenvalue weighted by Crippen LogP contribution is 2.32. The van der Waals surface area contributed by atoms with Gasteiger partial charge in [0.1, 0.15) is 18.2 Å². The molecule has 9 heteroatoms. The second kappa shape index (κ2) is 12.7. The number of hydrogen-bond acceptors (Lipinski definition) is 7. The van der Waals surface area contributed by atoms with Gasteiger partial charge in [-0.1, -0.05) is 29.8 Å². The van der Waals surface area contributed by atoms with Gasteiger partial charge >= 0.3 is 5.97 Å². The first-order valence-corrected chi connectivity index (χ1v) is 12.1. The van der Waals surface area contributed by atoms with Crippen molar-refractivity contribution in [2.75, 3.05) is 19.8 Å². The van der Waals surface area contributed by atoms with Crippen LogP contribution < -0.4 is 9.47 Å². The van der Waals surface area contributed by atoms with Crippen LogP contribution in [0.15, 0.2) is 59.2 Å². The van der Waals surface area contributed by atoms with Crippen molar-refractivity contribution in [3.63, 3.8) is 0 Å². The number of halogens is 1. The van der Waals surface area contributed by atoms with Gasteiger partial charge in [0, 0.05) is 24.1 Å². The third-order valence-electron chi connectivity index (χ3n) is 5.54.